The monoisotopic (exact) mass is 433 g/mol. The smallest absolute Gasteiger partial charge is 0.175 e. The van der Waals surface area contributed by atoms with Crippen LogP contribution in [0.15, 0.2) is 40.9 Å². The van der Waals surface area contributed by atoms with E-state index in [2.05, 4.69) is 41.2 Å². The maximum atomic E-state index is 5.93. The third-order valence-corrected chi connectivity index (χ3v) is 4.14. The molecule has 24 heavy (non-hydrogen) atoms. The first-order chi connectivity index (χ1) is 11.0. The van der Waals surface area contributed by atoms with Crippen LogP contribution < -0.4 is 14.8 Å². The number of methoxy groups -OCH3 is 1. The summed E-state index contributed by atoms with van der Waals surface area (Å²) in [4.78, 5) is 0. The van der Waals surface area contributed by atoms with E-state index in [0.717, 1.165) is 27.2 Å². The molecule has 0 bridgehead atoms. The zero-order valence-electron chi connectivity index (χ0n) is 13.9. The van der Waals surface area contributed by atoms with Crippen molar-refractivity contribution in [3.8, 4) is 11.5 Å². The zero-order valence-corrected chi connectivity index (χ0v) is 17.1. The molecular formula is C18H22BrCl2NO2. The Balaban J connectivity index is 0.00000288. The summed E-state index contributed by atoms with van der Waals surface area (Å²) in [6, 6.07) is 12.1. The van der Waals surface area contributed by atoms with Gasteiger partial charge in [0.1, 0.15) is 6.61 Å². The van der Waals surface area contributed by atoms with Crippen LogP contribution in [0.1, 0.15) is 25.0 Å². The van der Waals surface area contributed by atoms with E-state index in [4.69, 9.17) is 21.1 Å². The molecule has 0 atom stereocenters. The average Bonchev–Trinajstić information content (AvgIpc) is 2.53. The summed E-state index contributed by atoms with van der Waals surface area (Å²) >= 11 is 9.47. The van der Waals surface area contributed by atoms with Crippen LogP contribution in [0, 0.1) is 0 Å². The number of rotatable bonds is 7. The number of benzene rings is 2. The van der Waals surface area contributed by atoms with E-state index < -0.39 is 0 Å². The number of hydrogen-bond acceptors (Lipinski definition) is 3. The average molecular weight is 435 g/mol. The fourth-order valence-electron chi connectivity index (χ4n) is 2.07. The second-order valence-electron chi connectivity index (χ2n) is 5.56. The van der Waals surface area contributed by atoms with E-state index in [0.29, 0.717) is 24.1 Å². The first kappa shape index (κ1) is 21.1. The van der Waals surface area contributed by atoms with Crippen LogP contribution in [-0.2, 0) is 13.2 Å². The third-order valence-electron chi connectivity index (χ3n) is 3.30. The second kappa shape index (κ2) is 10.1. The second-order valence-corrected chi connectivity index (χ2v) is 6.85. The molecule has 6 heteroatoms. The van der Waals surface area contributed by atoms with Gasteiger partial charge in [-0.3, -0.25) is 0 Å². The molecule has 132 valence electrons. The molecule has 0 spiro atoms. The Labute approximate surface area is 163 Å². The fourth-order valence-corrected chi connectivity index (χ4v) is 2.80. The van der Waals surface area contributed by atoms with E-state index in [9.17, 15) is 0 Å². The van der Waals surface area contributed by atoms with E-state index in [-0.39, 0.29) is 12.4 Å². The van der Waals surface area contributed by atoms with Gasteiger partial charge in [0.2, 0.25) is 0 Å². The van der Waals surface area contributed by atoms with Gasteiger partial charge in [-0.2, -0.15) is 0 Å². The van der Waals surface area contributed by atoms with Gasteiger partial charge in [-0.25, -0.2) is 0 Å². The summed E-state index contributed by atoms with van der Waals surface area (Å²) in [5, 5.41) is 4.11. The van der Waals surface area contributed by atoms with Gasteiger partial charge in [0, 0.05) is 17.6 Å². The Morgan fingerprint density at radius 2 is 1.79 bits per heavy atom. The molecule has 2 aromatic carbocycles. The van der Waals surface area contributed by atoms with Gasteiger partial charge >= 0.3 is 0 Å². The molecule has 0 fully saturated rings. The summed E-state index contributed by atoms with van der Waals surface area (Å²) in [7, 11) is 1.65. The molecule has 0 radical (unpaired) electrons. The molecule has 0 aliphatic heterocycles. The molecule has 1 N–H and O–H groups in total. The van der Waals surface area contributed by atoms with Gasteiger partial charge in [0.25, 0.3) is 0 Å². The van der Waals surface area contributed by atoms with Crippen LogP contribution in [0.4, 0.5) is 0 Å². The van der Waals surface area contributed by atoms with Crippen molar-refractivity contribution in [2.75, 3.05) is 7.11 Å². The van der Waals surface area contributed by atoms with Crippen molar-refractivity contribution >= 4 is 39.9 Å². The number of hydrogen-bond donors (Lipinski definition) is 1. The van der Waals surface area contributed by atoms with Crippen LogP contribution >= 0.6 is 39.9 Å². The quantitative estimate of drug-likeness (QED) is 0.614. The predicted octanol–water partition coefficient (Wildman–Crippen LogP) is 5.61. The normalized spacial score (nSPS) is 10.4. The topological polar surface area (TPSA) is 30.5 Å². The molecule has 0 saturated carbocycles. The standard InChI is InChI=1S/C18H21BrClNO2.ClH/c1-12(2)21-10-14-8-16(19)18(17(9-14)22-3)23-11-13-4-6-15(20)7-5-13;/h4-9,12,21H,10-11H2,1-3H3;1H. The van der Waals surface area contributed by atoms with E-state index in [1.165, 1.54) is 0 Å². The lowest BCUT2D eigenvalue weighted by Crippen LogP contribution is -2.21. The molecule has 3 nitrogen and oxygen atoms in total. The fraction of sp³-hybridized carbons (Fsp3) is 0.333. The first-order valence-electron chi connectivity index (χ1n) is 7.46. The Bertz CT molecular complexity index is 648. The summed E-state index contributed by atoms with van der Waals surface area (Å²) in [6.45, 7) is 5.48. The maximum absolute atomic E-state index is 5.93. The highest BCUT2D eigenvalue weighted by Crippen LogP contribution is 2.37. The SMILES string of the molecule is COc1cc(CNC(C)C)cc(Br)c1OCc1ccc(Cl)cc1.Cl. The van der Waals surface area contributed by atoms with Crippen LogP contribution in [0.5, 0.6) is 11.5 Å². The lowest BCUT2D eigenvalue weighted by atomic mass is 10.2. The first-order valence-corrected chi connectivity index (χ1v) is 8.63. The van der Waals surface area contributed by atoms with Gasteiger partial charge in [0.15, 0.2) is 11.5 Å². The van der Waals surface area contributed by atoms with Gasteiger partial charge < -0.3 is 14.8 Å². The predicted molar refractivity (Wildman–Crippen MR) is 106 cm³/mol. The summed E-state index contributed by atoms with van der Waals surface area (Å²) in [5.74, 6) is 1.42. The van der Waals surface area contributed by atoms with E-state index >= 15 is 0 Å². The van der Waals surface area contributed by atoms with Crippen molar-refractivity contribution in [3.63, 3.8) is 0 Å². The summed E-state index contributed by atoms with van der Waals surface area (Å²) < 4.78 is 12.3. The minimum atomic E-state index is 0. The highest BCUT2D eigenvalue weighted by molar-refractivity contribution is 9.10. The van der Waals surface area contributed by atoms with Crippen molar-refractivity contribution in [1.82, 2.24) is 5.32 Å². The third kappa shape index (κ3) is 6.17. The molecule has 0 amide bonds. The zero-order chi connectivity index (χ0) is 16.8. The molecule has 0 unspecified atom stereocenters. The van der Waals surface area contributed by atoms with Crippen molar-refractivity contribution < 1.29 is 9.47 Å². The van der Waals surface area contributed by atoms with Gasteiger partial charge in [-0.05, 0) is 51.3 Å². The van der Waals surface area contributed by atoms with Crippen molar-refractivity contribution in [2.45, 2.75) is 33.0 Å². The molecule has 0 aliphatic carbocycles. The van der Waals surface area contributed by atoms with Crippen molar-refractivity contribution in [3.05, 3.63) is 57.0 Å². The molecule has 0 heterocycles. The highest BCUT2D eigenvalue weighted by atomic mass is 79.9. The molecule has 0 aromatic heterocycles. The highest BCUT2D eigenvalue weighted by Gasteiger charge is 2.12. The largest absolute Gasteiger partial charge is 0.493 e. The van der Waals surface area contributed by atoms with Gasteiger partial charge in [-0.15, -0.1) is 12.4 Å². The minimum Gasteiger partial charge on any atom is -0.493 e. The van der Waals surface area contributed by atoms with E-state index in [1.807, 2.05) is 30.3 Å². The Hall–Kier alpha value is -0.940. The minimum absolute atomic E-state index is 0. The molecule has 2 rings (SSSR count). The van der Waals surface area contributed by atoms with Crippen LogP contribution in [0.25, 0.3) is 0 Å². The van der Waals surface area contributed by atoms with Gasteiger partial charge in [0.05, 0.1) is 11.6 Å². The van der Waals surface area contributed by atoms with Crippen molar-refractivity contribution in [2.24, 2.45) is 0 Å². The molecular weight excluding hydrogens is 413 g/mol. The number of ether oxygens (including phenoxy) is 2. The van der Waals surface area contributed by atoms with Crippen LogP contribution in [0.3, 0.4) is 0 Å². The van der Waals surface area contributed by atoms with Crippen LogP contribution in [-0.4, -0.2) is 13.2 Å². The Morgan fingerprint density at radius 1 is 1.12 bits per heavy atom. The lowest BCUT2D eigenvalue weighted by Gasteiger charge is -2.15. The molecule has 0 saturated heterocycles. The molecule has 0 aliphatic rings. The number of nitrogens with one attached hydrogen (secondary N) is 1. The summed E-state index contributed by atoms with van der Waals surface area (Å²) in [5.41, 5.74) is 2.19. The number of halogens is 3. The Kier molecular flexibility index (Phi) is 8.92. The Morgan fingerprint density at radius 3 is 2.38 bits per heavy atom. The van der Waals surface area contributed by atoms with Crippen LogP contribution in [0.2, 0.25) is 5.02 Å². The maximum Gasteiger partial charge on any atom is 0.175 e. The van der Waals surface area contributed by atoms with Gasteiger partial charge in [-0.1, -0.05) is 37.6 Å². The molecule has 2 aromatic rings. The lowest BCUT2D eigenvalue weighted by molar-refractivity contribution is 0.282. The van der Waals surface area contributed by atoms with Crippen molar-refractivity contribution in [1.29, 1.82) is 0 Å². The van der Waals surface area contributed by atoms with E-state index in [1.54, 1.807) is 7.11 Å². The summed E-state index contributed by atoms with van der Waals surface area (Å²) in [6.07, 6.45) is 0.